The number of ether oxygens (including phenoxy) is 3. The van der Waals surface area contributed by atoms with Crippen LogP contribution < -0.4 is 14.2 Å². The first-order valence-electron chi connectivity index (χ1n) is 12.1. The third-order valence-electron chi connectivity index (χ3n) is 6.22. The standard InChI is InChI=1S/C32H25BrN2O4/c1-4-11-37-30-10-6-9-28(22(30)3)27-8-5-7-25(21(27)2)20-39-32-14-31(26(18-36)13-29(32)33)38-19-24-12-23(15-34)16-35-17-24/h1,5-10,12-14,16-18H,11,19-20H2,2-3H3. The quantitative estimate of drug-likeness (QED) is 0.149. The summed E-state index contributed by atoms with van der Waals surface area (Å²) in [4.78, 5) is 15.7. The molecule has 0 spiro atoms. The Balaban J connectivity index is 1.55. The highest BCUT2D eigenvalue weighted by atomic mass is 79.9. The van der Waals surface area contributed by atoms with Gasteiger partial charge in [-0.1, -0.05) is 36.3 Å². The Morgan fingerprint density at radius 1 is 0.923 bits per heavy atom. The highest BCUT2D eigenvalue weighted by Crippen LogP contribution is 2.36. The number of benzene rings is 3. The molecule has 1 aromatic heterocycles. The van der Waals surface area contributed by atoms with E-state index in [4.69, 9.17) is 25.9 Å². The Morgan fingerprint density at radius 3 is 2.41 bits per heavy atom. The number of nitrogens with zero attached hydrogens (tertiary/aromatic N) is 2. The molecule has 0 unspecified atom stereocenters. The lowest BCUT2D eigenvalue weighted by molar-refractivity contribution is 0.111. The van der Waals surface area contributed by atoms with E-state index in [0.717, 1.165) is 39.9 Å². The third kappa shape index (κ3) is 6.46. The molecule has 0 saturated carbocycles. The van der Waals surface area contributed by atoms with Crippen molar-refractivity contribution in [3.8, 4) is 46.8 Å². The number of carbonyl (C=O) groups excluding carboxylic acids is 1. The van der Waals surface area contributed by atoms with Crippen molar-refractivity contribution in [2.45, 2.75) is 27.1 Å². The molecule has 4 aromatic rings. The molecule has 0 aliphatic heterocycles. The maximum absolute atomic E-state index is 11.7. The van der Waals surface area contributed by atoms with Crippen molar-refractivity contribution in [3.05, 3.63) is 105 Å². The fourth-order valence-electron chi connectivity index (χ4n) is 4.14. The third-order valence-corrected chi connectivity index (χ3v) is 6.84. The first-order chi connectivity index (χ1) is 18.9. The zero-order valence-electron chi connectivity index (χ0n) is 21.5. The van der Waals surface area contributed by atoms with Gasteiger partial charge in [0.2, 0.25) is 0 Å². The summed E-state index contributed by atoms with van der Waals surface area (Å²) in [6, 6.07) is 19.1. The van der Waals surface area contributed by atoms with Crippen LogP contribution in [0.15, 0.2) is 71.5 Å². The summed E-state index contributed by atoms with van der Waals surface area (Å²) in [5.74, 6) is 4.17. The molecule has 0 aliphatic rings. The molecule has 0 aliphatic carbocycles. The normalized spacial score (nSPS) is 10.3. The molecule has 0 N–H and O–H groups in total. The summed E-state index contributed by atoms with van der Waals surface area (Å²) in [5.41, 5.74) is 6.77. The van der Waals surface area contributed by atoms with Gasteiger partial charge in [-0.3, -0.25) is 9.78 Å². The molecular weight excluding hydrogens is 556 g/mol. The van der Waals surface area contributed by atoms with Crippen LogP contribution in [0, 0.1) is 37.5 Å². The van der Waals surface area contributed by atoms with Gasteiger partial charge >= 0.3 is 0 Å². The zero-order valence-corrected chi connectivity index (χ0v) is 23.1. The summed E-state index contributed by atoms with van der Waals surface area (Å²) >= 11 is 3.50. The summed E-state index contributed by atoms with van der Waals surface area (Å²) in [6.07, 6.45) is 9.19. The van der Waals surface area contributed by atoms with Crippen LogP contribution >= 0.6 is 15.9 Å². The molecule has 0 atom stereocenters. The predicted molar refractivity (Wildman–Crippen MR) is 153 cm³/mol. The van der Waals surface area contributed by atoms with E-state index in [0.29, 0.717) is 39.3 Å². The van der Waals surface area contributed by atoms with Crippen LogP contribution in [0.5, 0.6) is 17.2 Å². The van der Waals surface area contributed by atoms with Crippen molar-refractivity contribution in [2.75, 3.05) is 6.61 Å². The minimum Gasteiger partial charge on any atom is -0.488 e. The monoisotopic (exact) mass is 580 g/mol. The maximum Gasteiger partial charge on any atom is 0.153 e. The lowest BCUT2D eigenvalue weighted by Crippen LogP contribution is -2.03. The number of aldehydes is 1. The molecular formula is C32H25BrN2O4. The molecule has 7 heteroatoms. The number of terminal acetylenes is 1. The molecule has 39 heavy (non-hydrogen) atoms. The molecule has 0 saturated heterocycles. The number of nitriles is 1. The summed E-state index contributed by atoms with van der Waals surface area (Å²) < 4.78 is 18.4. The second-order valence-electron chi connectivity index (χ2n) is 8.72. The van der Waals surface area contributed by atoms with Gasteiger partial charge in [0.05, 0.1) is 15.6 Å². The van der Waals surface area contributed by atoms with Gasteiger partial charge in [0.25, 0.3) is 0 Å². The molecule has 4 rings (SSSR count). The SMILES string of the molecule is C#CCOc1cccc(-c2cccc(COc3cc(OCc4cncc(C#N)c4)c(C=O)cc3Br)c2C)c1C. The Bertz CT molecular complexity index is 1600. The first-order valence-corrected chi connectivity index (χ1v) is 12.9. The largest absolute Gasteiger partial charge is 0.488 e. The second-order valence-corrected chi connectivity index (χ2v) is 9.57. The van der Waals surface area contributed by atoms with Gasteiger partial charge in [-0.05, 0) is 75.8 Å². The molecule has 0 bridgehead atoms. The van der Waals surface area contributed by atoms with Crippen molar-refractivity contribution >= 4 is 22.2 Å². The van der Waals surface area contributed by atoms with E-state index < -0.39 is 0 Å². The topological polar surface area (TPSA) is 81.4 Å². The smallest absolute Gasteiger partial charge is 0.153 e. The fraction of sp³-hybridized carbons (Fsp3) is 0.156. The van der Waals surface area contributed by atoms with Crippen molar-refractivity contribution in [1.82, 2.24) is 4.98 Å². The van der Waals surface area contributed by atoms with E-state index in [1.165, 1.54) is 6.20 Å². The fourth-order valence-corrected chi connectivity index (χ4v) is 4.61. The first kappa shape index (κ1) is 27.4. The molecule has 0 amide bonds. The Morgan fingerprint density at radius 2 is 1.67 bits per heavy atom. The summed E-state index contributed by atoms with van der Waals surface area (Å²) in [7, 11) is 0. The number of hydrogen-bond donors (Lipinski definition) is 0. The van der Waals surface area contributed by atoms with Crippen molar-refractivity contribution in [2.24, 2.45) is 0 Å². The minimum absolute atomic E-state index is 0.148. The number of pyridine rings is 1. The number of hydrogen-bond acceptors (Lipinski definition) is 6. The van der Waals surface area contributed by atoms with Crippen LogP contribution in [0.4, 0.5) is 0 Å². The van der Waals surface area contributed by atoms with E-state index in [1.807, 2.05) is 31.2 Å². The predicted octanol–water partition coefficient (Wildman–Crippen LogP) is 6.98. The molecule has 0 radical (unpaired) electrons. The number of carbonyl (C=O) groups is 1. The maximum atomic E-state index is 11.7. The van der Waals surface area contributed by atoms with Crippen molar-refractivity contribution in [3.63, 3.8) is 0 Å². The lowest BCUT2D eigenvalue weighted by atomic mass is 9.93. The zero-order chi connectivity index (χ0) is 27.8. The van der Waals surface area contributed by atoms with Crippen LogP contribution in [-0.4, -0.2) is 17.9 Å². The summed E-state index contributed by atoms with van der Waals surface area (Å²) in [5, 5.41) is 9.10. The van der Waals surface area contributed by atoms with E-state index in [9.17, 15) is 4.79 Å². The van der Waals surface area contributed by atoms with Crippen LogP contribution in [0.2, 0.25) is 0 Å². The van der Waals surface area contributed by atoms with E-state index in [1.54, 1.807) is 24.4 Å². The van der Waals surface area contributed by atoms with Crippen molar-refractivity contribution in [1.29, 1.82) is 5.26 Å². The number of rotatable bonds is 10. The Labute approximate surface area is 236 Å². The van der Waals surface area contributed by atoms with Gasteiger partial charge in [-0.25, -0.2) is 0 Å². The van der Waals surface area contributed by atoms with Crippen LogP contribution in [0.3, 0.4) is 0 Å². The number of aromatic nitrogens is 1. The highest BCUT2D eigenvalue weighted by Gasteiger charge is 2.14. The Kier molecular flexibility index (Phi) is 8.99. The average molecular weight is 581 g/mol. The van der Waals surface area contributed by atoms with Gasteiger partial charge in [-0.2, -0.15) is 5.26 Å². The Hall–Kier alpha value is -4.59. The molecule has 1 heterocycles. The summed E-state index contributed by atoms with van der Waals surface area (Å²) in [6.45, 7) is 4.74. The van der Waals surface area contributed by atoms with E-state index in [2.05, 4.69) is 52.0 Å². The highest BCUT2D eigenvalue weighted by molar-refractivity contribution is 9.10. The molecule has 6 nitrogen and oxygen atoms in total. The number of halogens is 1. The van der Waals surface area contributed by atoms with Gasteiger partial charge in [0.15, 0.2) is 6.29 Å². The van der Waals surface area contributed by atoms with Crippen LogP contribution in [0.25, 0.3) is 11.1 Å². The van der Waals surface area contributed by atoms with Crippen LogP contribution in [0.1, 0.15) is 38.2 Å². The second kappa shape index (κ2) is 12.8. The lowest BCUT2D eigenvalue weighted by Gasteiger charge is -2.17. The molecule has 0 fully saturated rings. The molecule has 194 valence electrons. The van der Waals surface area contributed by atoms with Gasteiger partial charge < -0.3 is 14.2 Å². The van der Waals surface area contributed by atoms with Gasteiger partial charge in [0.1, 0.15) is 43.1 Å². The average Bonchev–Trinajstić information content (AvgIpc) is 2.96. The van der Waals surface area contributed by atoms with Gasteiger partial charge in [-0.15, -0.1) is 6.42 Å². The molecule has 3 aromatic carbocycles. The minimum atomic E-state index is 0.148. The van der Waals surface area contributed by atoms with E-state index in [-0.39, 0.29) is 13.2 Å². The van der Waals surface area contributed by atoms with Crippen molar-refractivity contribution < 1.29 is 19.0 Å². The van der Waals surface area contributed by atoms with Crippen LogP contribution in [-0.2, 0) is 13.2 Å². The van der Waals surface area contributed by atoms with E-state index >= 15 is 0 Å². The van der Waals surface area contributed by atoms with Gasteiger partial charge in [0, 0.05) is 24.0 Å².